The minimum Gasteiger partial charge on any atom is -0.465 e. The number of ether oxygens (including phenoxy) is 1. The number of hydrogen-bond acceptors (Lipinski definition) is 6. The summed E-state index contributed by atoms with van der Waals surface area (Å²) < 4.78 is 7.28. The molecule has 1 saturated heterocycles. The van der Waals surface area contributed by atoms with Gasteiger partial charge in [0.2, 0.25) is 11.8 Å². The van der Waals surface area contributed by atoms with Crippen LogP contribution in [0.1, 0.15) is 19.8 Å². The van der Waals surface area contributed by atoms with Gasteiger partial charge in [0.1, 0.15) is 13.1 Å². The number of imide groups is 1. The molecule has 2 heterocycles. The molecule has 10 heteroatoms. The SMILES string of the molecule is CCOC(=O)Cn1c(=NC(=O)CN2C(=O)CCC2=O)sc2cc(Cl)ccc21. The van der Waals surface area contributed by atoms with Crippen LogP contribution in [0.3, 0.4) is 0 Å². The number of halogens is 1. The van der Waals surface area contributed by atoms with Gasteiger partial charge in [-0.15, -0.1) is 0 Å². The fourth-order valence-electron chi connectivity index (χ4n) is 2.70. The molecule has 1 aliphatic heterocycles. The number of likely N-dealkylation sites (tertiary alicyclic amines) is 1. The van der Waals surface area contributed by atoms with Crippen molar-refractivity contribution in [1.29, 1.82) is 0 Å². The van der Waals surface area contributed by atoms with Crippen molar-refractivity contribution in [2.24, 2.45) is 4.99 Å². The van der Waals surface area contributed by atoms with Crippen molar-refractivity contribution in [2.45, 2.75) is 26.3 Å². The zero-order chi connectivity index (χ0) is 19.6. The zero-order valence-corrected chi connectivity index (χ0v) is 16.0. The van der Waals surface area contributed by atoms with Crippen LogP contribution in [-0.4, -0.2) is 46.3 Å². The Morgan fingerprint density at radius 1 is 1.22 bits per heavy atom. The molecule has 1 aliphatic rings. The Hall–Kier alpha value is -2.52. The molecular weight excluding hydrogens is 394 g/mol. The molecule has 0 bridgehead atoms. The standard InChI is InChI=1S/C17H16ClN3O5S/c1-2-26-16(25)9-20-11-4-3-10(18)7-12(11)27-17(20)19-13(22)8-21-14(23)5-6-15(21)24/h3-4,7H,2,5-6,8-9H2,1H3. The maximum atomic E-state index is 12.3. The summed E-state index contributed by atoms with van der Waals surface area (Å²) in [6, 6.07) is 5.11. The number of nitrogens with zero attached hydrogens (tertiary/aromatic N) is 3. The summed E-state index contributed by atoms with van der Waals surface area (Å²) in [6.07, 6.45) is 0.215. The predicted molar refractivity (Wildman–Crippen MR) is 98.0 cm³/mol. The molecule has 1 aromatic carbocycles. The molecule has 142 valence electrons. The molecule has 0 unspecified atom stereocenters. The van der Waals surface area contributed by atoms with Crippen LogP contribution in [0.15, 0.2) is 23.2 Å². The molecule has 8 nitrogen and oxygen atoms in total. The molecule has 0 atom stereocenters. The van der Waals surface area contributed by atoms with Crippen LogP contribution < -0.4 is 4.80 Å². The molecule has 27 heavy (non-hydrogen) atoms. The van der Waals surface area contributed by atoms with Gasteiger partial charge in [-0.05, 0) is 25.1 Å². The van der Waals surface area contributed by atoms with Gasteiger partial charge >= 0.3 is 5.97 Å². The number of amides is 3. The number of carbonyl (C=O) groups is 4. The van der Waals surface area contributed by atoms with Gasteiger partial charge in [-0.1, -0.05) is 22.9 Å². The zero-order valence-electron chi connectivity index (χ0n) is 14.4. The number of fused-ring (bicyclic) bond motifs is 1. The molecule has 3 amide bonds. The average molecular weight is 410 g/mol. The lowest BCUT2D eigenvalue weighted by atomic mass is 10.3. The highest BCUT2D eigenvalue weighted by Gasteiger charge is 2.30. The predicted octanol–water partition coefficient (Wildman–Crippen LogP) is 1.50. The summed E-state index contributed by atoms with van der Waals surface area (Å²) in [5.74, 6) is -1.88. The molecule has 0 aliphatic carbocycles. The second kappa shape index (κ2) is 8.01. The molecule has 0 radical (unpaired) electrons. The Morgan fingerprint density at radius 2 is 1.93 bits per heavy atom. The van der Waals surface area contributed by atoms with Gasteiger partial charge in [0.15, 0.2) is 4.80 Å². The van der Waals surface area contributed by atoms with Crippen molar-refractivity contribution in [3.8, 4) is 0 Å². The molecule has 2 aromatic rings. The first-order valence-corrected chi connectivity index (χ1v) is 9.43. The second-order valence-electron chi connectivity index (χ2n) is 5.77. The van der Waals surface area contributed by atoms with E-state index in [4.69, 9.17) is 16.3 Å². The highest BCUT2D eigenvalue weighted by molar-refractivity contribution is 7.16. The van der Waals surface area contributed by atoms with Crippen molar-refractivity contribution in [1.82, 2.24) is 9.47 Å². The lowest BCUT2D eigenvalue weighted by Crippen LogP contribution is -2.34. The maximum absolute atomic E-state index is 12.3. The summed E-state index contributed by atoms with van der Waals surface area (Å²) >= 11 is 7.19. The number of thiazole rings is 1. The van der Waals surface area contributed by atoms with E-state index < -0.39 is 18.4 Å². The minimum absolute atomic E-state index is 0.107. The van der Waals surface area contributed by atoms with E-state index in [9.17, 15) is 19.2 Å². The van der Waals surface area contributed by atoms with Crippen LogP contribution in [0.25, 0.3) is 10.2 Å². The Bertz CT molecular complexity index is 994. The van der Waals surface area contributed by atoms with Crippen molar-refractivity contribution < 1.29 is 23.9 Å². The fourth-order valence-corrected chi connectivity index (χ4v) is 4.02. The average Bonchev–Trinajstić information content (AvgIpc) is 3.09. The van der Waals surface area contributed by atoms with Crippen molar-refractivity contribution in [2.75, 3.05) is 13.2 Å². The van der Waals surface area contributed by atoms with E-state index >= 15 is 0 Å². The van der Waals surface area contributed by atoms with Gasteiger partial charge in [0.05, 0.1) is 16.8 Å². The van der Waals surface area contributed by atoms with Gasteiger partial charge in [0, 0.05) is 17.9 Å². The third kappa shape index (κ3) is 4.25. The van der Waals surface area contributed by atoms with E-state index in [0.29, 0.717) is 10.5 Å². The Morgan fingerprint density at radius 3 is 2.59 bits per heavy atom. The highest BCUT2D eigenvalue weighted by atomic mass is 35.5. The Balaban J connectivity index is 1.97. The first-order valence-electron chi connectivity index (χ1n) is 8.24. The first-order chi connectivity index (χ1) is 12.9. The number of rotatable bonds is 5. The smallest absolute Gasteiger partial charge is 0.326 e. The molecule has 0 saturated carbocycles. The van der Waals surface area contributed by atoms with E-state index in [-0.39, 0.29) is 42.6 Å². The molecule has 1 aromatic heterocycles. The normalized spacial score (nSPS) is 15.0. The third-order valence-electron chi connectivity index (χ3n) is 3.91. The van der Waals surface area contributed by atoms with E-state index in [0.717, 1.165) is 9.60 Å². The fraction of sp³-hybridized carbons (Fsp3) is 0.353. The summed E-state index contributed by atoms with van der Waals surface area (Å²) in [4.78, 5) is 52.8. The summed E-state index contributed by atoms with van der Waals surface area (Å²) in [6.45, 7) is 1.40. The lowest BCUT2D eigenvalue weighted by Gasteiger charge is -2.10. The van der Waals surface area contributed by atoms with E-state index in [1.165, 1.54) is 11.3 Å². The van der Waals surface area contributed by atoms with Gasteiger partial charge in [-0.3, -0.25) is 24.1 Å². The van der Waals surface area contributed by atoms with E-state index in [1.807, 2.05) is 0 Å². The van der Waals surface area contributed by atoms with Crippen LogP contribution in [-0.2, 0) is 30.5 Å². The van der Waals surface area contributed by atoms with Gasteiger partial charge in [-0.2, -0.15) is 4.99 Å². The summed E-state index contributed by atoms with van der Waals surface area (Å²) in [7, 11) is 0. The molecular formula is C17H16ClN3O5S. The maximum Gasteiger partial charge on any atom is 0.326 e. The van der Waals surface area contributed by atoms with Gasteiger partial charge in [-0.25, -0.2) is 0 Å². The monoisotopic (exact) mass is 409 g/mol. The van der Waals surface area contributed by atoms with Gasteiger partial charge < -0.3 is 9.30 Å². The quantitative estimate of drug-likeness (QED) is 0.550. The van der Waals surface area contributed by atoms with E-state index in [2.05, 4.69) is 4.99 Å². The lowest BCUT2D eigenvalue weighted by molar-refractivity contribution is -0.144. The Labute approximate surface area is 163 Å². The number of carbonyl (C=O) groups excluding carboxylic acids is 4. The molecule has 1 fully saturated rings. The molecule has 3 rings (SSSR count). The molecule has 0 N–H and O–H groups in total. The number of hydrogen-bond donors (Lipinski definition) is 0. The number of esters is 1. The first kappa shape index (κ1) is 19.2. The summed E-state index contributed by atoms with van der Waals surface area (Å²) in [5.41, 5.74) is 0.678. The van der Waals surface area contributed by atoms with Crippen LogP contribution >= 0.6 is 22.9 Å². The second-order valence-corrected chi connectivity index (χ2v) is 7.21. The van der Waals surface area contributed by atoms with Gasteiger partial charge in [0.25, 0.3) is 5.91 Å². The number of benzene rings is 1. The highest BCUT2D eigenvalue weighted by Crippen LogP contribution is 2.22. The third-order valence-corrected chi connectivity index (χ3v) is 5.18. The minimum atomic E-state index is -0.645. The van der Waals surface area contributed by atoms with Crippen LogP contribution in [0.4, 0.5) is 0 Å². The van der Waals surface area contributed by atoms with Crippen molar-refractivity contribution in [3.63, 3.8) is 0 Å². The topological polar surface area (TPSA) is 98.0 Å². The summed E-state index contributed by atoms with van der Waals surface area (Å²) in [5, 5.41) is 0.512. The van der Waals surface area contributed by atoms with E-state index in [1.54, 1.807) is 29.7 Å². The van der Waals surface area contributed by atoms with Crippen molar-refractivity contribution in [3.05, 3.63) is 28.0 Å². The Kier molecular flexibility index (Phi) is 5.71. The number of aromatic nitrogens is 1. The largest absolute Gasteiger partial charge is 0.465 e. The van der Waals surface area contributed by atoms with Crippen LogP contribution in [0.5, 0.6) is 0 Å². The van der Waals surface area contributed by atoms with Crippen LogP contribution in [0, 0.1) is 0 Å². The molecule has 0 spiro atoms. The van der Waals surface area contributed by atoms with Crippen molar-refractivity contribution >= 4 is 56.8 Å². The van der Waals surface area contributed by atoms with Crippen LogP contribution in [0.2, 0.25) is 5.02 Å².